The fourth-order valence-electron chi connectivity index (χ4n) is 3.01. The highest BCUT2D eigenvalue weighted by atomic mass is 16.8. The molecule has 0 bridgehead atoms. The summed E-state index contributed by atoms with van der Waals surface area (Å²) in [6.45, 7) is 5.25. The summed E-state index contributed by atoms with van der Waals surface area (Å²) in [5.41, 5.74) is 1.98. The number of benzene rings is 1. The molecule has 2 N–H and O–H groups in total. The monoisotopic (exact) mass is 361 g/mol. The predicted molar refractivity (Wildman–Crippen MR) is 94.0 cm³/mol. The Kier molecular flexibility index (Phi) is 6.01. The number of hydrogen-bond donors (Lipinski definition) is 2. The molecule has 0 saturated heterocycles. The van der Waals surface area contributed by atoms with Crippen LogP contribution in [-0.4, -0.2) is 30.9 Å². The third-order valence-corrected chi connectivity index (χ3v) is 4.09. The third kappa shape index (κ3) is 3.71. The average Bonchev–Trinajstić information content (AvgIpc) is 2.60. The van der Waals surface area contributed by atoms with E-state index in [0.29, 0.717) is 17.0 Å². The van der Waals surface area contributed by atoms with Crippen molar-refractivity contribution < 1.29 is 24.3 Å². The maximum Gasteiger partial charge on any atom is 0.336 e. The quantitative estimate of drug-likeness (QED) is 0.607. The summed E-state index contributed by atoms with van der Waals surface area (Å²) in [6, 6.07) is 6.03. The van der Waals surface area contributed by atoms with Crippen molar-refractivity contribution in [3.05, 3.63) is 57.6 Å². The van der Waals surface area contributed by atoms with Crippen molar-refractivity contribution in [3.63, 3.8) is 0 Å². The van der Waals surface area contributed by atoms with Crippen LogP contribution in [-0.2, 0) is 19.1 Å². The maximum atomic E-state index is 12.6. The van der Waals surface area contributed by atoms with E-state index < -0.39 is 17.9 Å². The molecule has 1 atom stereocenters. The van der Waals surface area contributed by atoms with Crippen molar-refractivity contribution in [2.24, 2.45) is 0 Å². The van der Waals surface area contributed by atoms with E-state index in [4.69, 9.17) is 9.47 Å². The Bertz CT molecular complexity index is 782. The molecule has 0 fully saturated rings. The molecule has 0 unspecified atom stereocenters. The number of methoxy groups -OCH3 is 1. The Labute approximate surface area is 151 Å². The second-order valence-electron chi connectivity index (χ2n) is 5.72. The van der Waals surface area contributed by atoms with Crippen LogP contribution in [0.2, 0.25) is 0 Å². The van der Waals surface area contributed by atoms with Crippen LogP contribution in [0.15, 0.2) is 46.8 Å². The van der Waals surface area contributed by atoms with Gasteiger partial charge in [0.05, 0.1) is 36.5 Å². The standard InChI is InChI=1S/C18H21N2O6/c1-5-26-18(22)15-11(3)19-10(2)14(17(21)25-4)16(15)12-7-6-8-13(9-12)20(23)24/h6-9,16,19,23H,5H2,1-4H3/q-1/t16-/m0/s1. The number of carbonyl (C=O) groups excluding carboxylic acids is 2. The lowest BCUT2D eigenvalue weighted by atomic mass is 9.80. The Morgan fingerprint density at radius 1 is 1.23 bits per heavy atom. The first-order valence-corrected chi connectivity index (χ1v) is 8.01. The Morgan fingerprint density at radius 2 is 1.85 bits per heavy atom. The van der Waals surface area contributed by atoms with E-state index in [2.05, 4.69) is 5.32 Å². The van der Waals surface area contributed by atoms with Crippen LogP contribution >= 0.6 is 0 Å². The molecule has 140 valence electrons. The van der Waals surface area contributed by atoms with Crippen molar-refractivity contribution in [1.29, 1.82) is 0 Å². The molecule has 8 heteroatoms. The van der Waals surface area contributed by atoms with Gasteiger partial charge in [0.1, 0.15) is 0 Å². The molecule has 1 aliphatic heterocycles. The minimum absolute atomic E-state index is 0.0243. The van der Waals surface area contributed by atoms with Crippen molar-refractivity contribution in [2.75, 3.05) is 18.9 Å². The number of nitrogens with one attached hydrogen (secondary N) is 1. The molecule has 26 heavy (non-hydrogen) atoms. The second-order valence-corrected chi connectivity index (χ2v) is 5.72. The largest absolute Gasteiger partial charge is 0.733 e. The highest BCUT2D eigenvalue weighted by Crippen LogP contribution is 2.40. The van der Waals surface area contributed by atoms with E-state index in [1.165, 1.54) is 19.2 Å². The zero-order chi connectivity index (χ0) is 19.4. The molecule has 0 radical (unpaired) electrons. The van der Waals surface area contributed by atoms with E-state index in [0.717, 1.165) is 0 Å². The average molecular weight is 361 g/mol. The summed E-state index contributed by atoms with van der Waals surface area (Å²) in [7, 11) is 1.25. The number of esters is 2. The van der Waals surface area contributed by atoms with Gasteiger partial charge in [0, 0.05) is 11.4 Å². The van der Waals surface area contributed by atoms with Gasteiger partial charge in [-0.05, 0) is 38.5 Å². The van der Waals surface area contributed by atoms with Crippen molar-refractivity contribution in [2.45, 2.75) is 26.7 Å². The van der Waals surface area contributed by atoms with Gasteiger partial charge in [-0.3, -0.25) is 5.21 Å². The van der Waals surface area contributed by atoms with E-state index in [1.807, 2.05) is 0 Å². The van der Waals surface area contributed by atoms with E-state index in [-0.39, 0.29) is 28.7 Å². The first kappa shape index (κ1) is 19.5. The van der Waals surface area contributed by atoms with Gasteiger partial charge in [-0.2, -0.15) is 0 Å². The van der Waals surface area contributed by atoms with Gasteiger partial charge in [0.2, 0.25) is 0 Å². The fourth-order valence-corrected chi connectivity index (χ4v) is 3.01. The molecular weight excluding hydrogens is 340 g/mol. The predicted octanol–water partition coefficient (Wildman–Crippen LogP) is 2.35. The summed E-state index contributed by atoms with van der Waals surface area (Å²) in [6.07, 6.45) is 0. The van der Waals surface area contributed by atoms with Gasteiger partial charge >= 0.3 is 11.9 Å². The van der Waals surface area contributed by atoms with Gasteiger partial charge in [0.25, 0.3) is 0 Å². The number of hydrogen-bond acceptors (Lipinski definition) is 8. The summed E-state index contributed by atoms with van der Waals surface area (Å²) in [5, 5.41) is 23.2. The maximum absolute atomic E-state index is 12.6. The van der Waals surface area contributed by atoms with Gasteiger partial charge in [-0.1, -0.05) is 12.1 Å². The highest BCUT2D eigenvalue weighted by molar-refractivity contribution is 5.99. The van der Waals surface area contributed by atoms with E-state index in [1.54, 1.807) is 32.9 Å². The lowest BCUT2D eigenvalue weighted by Crippen LogP contribution is -2.32. The summed E-state index contributed by atoms with van der Waals surface area (Å²) in [4.78, 5) is 25.0. The van der Waals surface area contributed by atoms with Crippen LogP contribution in [0.4, 0.5) is 5.69 Å². The first-order chi connectivity index (χ1) is 12.3. The van der Waals surface area contributed by atoms with Gasteiger partial charge in [-0.15, -0.1) is 0 Å². The van der Waals surface area contributed by atoms with Crippen molar-refractivity contribution in [1.82, 2.24) is 5.32 Å². The number of rotatable bonds is 5. The molecule has 1 aromatic carbocycles. The van der Waals surface area contributed by atoms with Crippen LogP contribution < -0.4 is 10.5 Å². The van der Waals surface area contributed by atoms with Crippen LogP contribution in [0, 0.1) is 5.21 Å². The lowest BCUT2D eigenvalue weighted by molar-refractivity contribution is -0.139. The number of ether oxygens (including phenoxy) is 2. The molecule has 1 aromatic rings. The molecular formula is C18H21N2O6-. The van der Waals surface area contributed by atoms with Crippen LogP contribution in [0.3, 0.4) is 0 Å². The molecule has 8 nitrogen and oxygen atoms in total. The van der Waals surface area contributed by atoms with Gasteiger partial charge < -0.3 is 25.2 Å². The normalized spacial score (nSPS) is 16.9. The smallest absolute Gasteiger partial charge is 0.336 e. The molecule has 1 aliphatic rings. The summed E-state index contributed by atoms with van der Waals surface area (Å²) >= 11 is 0. The van der Waals surface area contributed by atoms with Crippen LogP contribution in [0.5, 0.6) is 0 Å². The topological polar surface area (TPSA) is 111 Å². The summed E-state index contributed by atoms with van der Waals surface area (Å²) in [5.74, 6) is -1.99. The number of nitrogens with zero attached hydrogens (tertiary/aromatic N) is 1. The molecule has 2 rings (SSSR count). The number of allylic oxidation sites excluding steroid dienone is 2. The zero-order valence-electron chi connectivity index (χ0n) is 15.0. The second kappa shape index (κ2) is 8.03. The Balaban J connectivity index is 2.68. The molecule has 0 aromatic heterocycles. The number of dihydropyridines is 1. The van der Waals surface area contributed by atoms with Crippen molar-refractivity contribution in [3.8, 4) is 0 Å². The lowest BCUT2D eigenvalue weighted by Gasteiger charge is -2.31. The first-order valence-electron chi connectivity index (χ1n) is 8.01. The fraction of sp³-hybridized carbons (Fsp3) is 0.333. The van der Waals surface area contributed by atoms with Gasteiger partial charge in [-0.25, -0.2) is 9.59 Å². The Morgan fingerprint density at radius 3 is 2.38 bits per heavy atom. The summed E-state index contributed by atoms with van der Waals surface area (Å²) < 4.78 is 10.0. The van der Waals surface area contributed by atoms with Gasteiger partial charge in [0.15, 0.2) is 0 Å². The van der Waals surface area contributed by atoms with Crippen LogP contribution in [0.25, 0.3) is 0 Å². The molecule has 1 heterocycles. The number of carbonyl (C=O) groups is 2. The minimum Gasteiger partial charge on any atom is -0.733 e. The van der Waals surface area contributed by atoms with E-state index in [9.17, 15) is 20.0 Å². The SMILES string of the molecule is CCOC(=O)C1=C(C)NC(C)=C(C(=O)OC)[C@@H]1c1cccc(N([O-])O)c1. The highest BCUT2D eigenvalue weighted by Gasteiger charge is 2.37. The Hall–Kier alpha value is -2.84. The molecule has 0 amide bonds. The molecule has 0 saturated carbocycles. The molecule has 0 aliphatic carbocycles. The number of anilines is 1. The molecule has 0 spiro atoms. The van der Waals surface area contributed by atoms with Crippen LogP contribution in [0.1, 0.15) is 32.3 Å². The third-order valence-electron chi connectivity index (χ3n) is 4.09. The van der Waals surface area contributed by atoms with Crippen molar-refractivity contribution >= 4 is 17.6 Å². The minimum atomic E-state index is -0.803. The van der Waals surface area contributed by atoms with E-state index >= 15 is 0 Å². The zero-order valence-corrected chi connectivity index (χ0v) is 15.0.